The molecule has 2 amide bonds. The lowest BCUT2D eigenvalue weighted by Gasteiger charge is -2.27. The highest BCUT2D eigenvalue weighted by Crippen LogP contribution is 2.24. The summed E-state index contributed by atoms with van der Waals surface area (Å²) in [5, 5.41) is 10.8. The minimum absolute atomic E-state index is 0.0348. The van der Waals surface area contributed by atoms with Crippen molar-refractivity contribution in [2.45, 2.75) is 25.8 Å². The molecule has 1 aromatic rings. The van der Waals surface area contributed by atoms with E-state index in [2.05, 4.69) is 11.4 Å². The zero-order valence-corrected chi connectivity index (χ0v) is 12.5. The summed E-state index contributed by atoms with van der Waals surface area (Å²) in [5.41, 5.74) is 1.23. The van der Waals surface area contributed by atoms with Crippen molar-refractivity contribution in [1.29, 1.82) is 0 Å². The molecule has 1 aliphatic rings. The molecular formula is C14H20N2O3S. The first-order valence-corrected chi connectivity index (χ1v) is 7.67. The van der Waals surface area contributed by atoms with Gasteiger partial charge in [0.1, 0.15) is 0 Å². The van der Waals surface area contributed by atoms with E-state index in [1.54, 1.807) is 18.4 Å². The van der Waals surface area contributed by atoms with Gasteiger partial charge in [0.25, 0.3) is 0 Å². The average Bonchev–Trinajstić information content (AvgIpc) is 2.91. The van der Waals surface area contributed by atoms with Gasteiger partial charge in [-0.1, -0.05) is 0 Å². The summed E-state index contributed by atoms with van der Waals surface area (Å²) in [6.45, 7) is 1.67. The van der Waals surface area contributed by atoms with Crippen LogP contribution in [0.3, 0.4) is 0 Å². The van der Waals surface area contributed by atoms with E-state index >= 15 is 0 Å². The second kappa shape index (κ2) is 6.85. The fourth-order valence-corrected chi connectivity index (χ4v) is 3.19. The van der Waals surface area contributed by atoms with Crippen LogP contribution in [0.1, 0.15) is 23.3 Å². The van der Waals surface area contributed by atoms with E-state index < -0.39 is 0 Å². The molecule has 0 aromatic carbocycles. The fourth-order valence-electron chi connectivity index (χ4n) is 2.30. The summed E-state index contributed by atoms with van der Waals surface area (Å²) < 4.78 is 0. The van der Waals surface area contributed by atoms with E-state index in [1.807, 2.05) is 4.90 Å². The number of likely N-dealkylation sites (N-methyl/N-ethyl adjacent to an activating group) is 1. The van der Waals surface area contributed by atoms with Crippen molar-refractivity contribution < 1.29 is 14.7 Å². The largest absolute Gasteiger partial charge is 0.395 e. The third kappa shape index (κ3) is 3.58. The highest BCUT2D eigenvalue weighted by molar-refractivity contribution is 7.10. The van der Waals surface area contributed by atoms with Gasteiger partial charge in [-0.15, -0.1) is 11.3 Å². The number of aliphatic hydroxyl groups excluding tert-OH is 1. The predicted molar refractivity (Wildman–Crippen MR) is 77.4 cm³/mol. The van der Waals surface area contributed by atoms with Crippen molar-refractivity contribution in [3.05, 3.63) is 21.9 Å². The number of nitrogens with zero attached hydrogens (tertiary/aromatic N) is 2. The summed E-state index contributed by atoms with van der Waals surface area (Å²) in [6, 6.07) is 2.07. The van der Waals surface area contributed by atoms with Gasteiger partial charge < -0.3 is 14.9 Å². The topological polar surface area (TPSA) is 60.9 Å². The molecule has 0 saturated heterocycles. The van der Waals surface area contributed by atoms with E-state index in [9.17, 15) is 9.59 Å². The molecule has 0 spiro atoms. The SMILES string of the molecule is CN(CCO)C(=O)CCC(=O)N1CCc2sccc2C1. The Morgan fingerprint density at radius 3 is 3.00 bits per heavy atom. The van der Waals surface area contributed by atoms with Crippen LogP contribution in [0.4, 0.5) is 0 Å². The van der Waals surface area contributed by atoms with Crippen LogP contribution in [-0.2, 0) is 22.6 Å². The second-order valence-electron chi connectivity index (χ2n) is 4.97. The molecule has 0 fully saturated rings. The van der Waals surface area contributed by atoms with E-state index in [0.29, 0.717) is 13.1 Å². The van der Waals surface area contributed by atoms with Gasteiger partial charge in [-0.3, -0.25) is 9.59 Å². The number of hydrogen-bond donors (Lipinski definition) is 1. The third-order valence-corrected chi connectivity index (χ3v) is 4.60. The fraction of sp³-hybridized carbons (Fsp3) is 0.571. The van der Waals surface area contributed by atoms with Crippen LogP contribution in [0.25, 0.3) is 0 Å². The maximum absolute atomic E-state index is 12.1. The Labute approximate surface area is 122 Å². The van der Waals surface area contributed by atoms with Gasteiger partial charge in [0.2, 0.25) is 11.8 Å². The molecule has 0 radical (unpaired) electrons. The minimum Gasteiger partial charge on any atom is -0.395 e. The lowest BCUT2D eigenvalue weighted by Crippen LogP contribution is -2.36. The zero-order chi connectivity index (χ0) is 14.5. The van der Waals surface area contributed by atoms with Crippen LogP contribution < -0.4 is 0 Å². The Kier molecular flexibility index (Phi) is 5.14. The Morgan fingerprint density at radius 1 is 1.45 bits per heavy atom. The molecule has 1 aromatic heterocycles. The Balaban J connectivity index is 1.80. The highest BCUT2D eigenvalue weighted by Gasteiger charge is 2.22. The monoisotopic (exact) mass is 296 g/mol. The Morgan fingerprint density at radius 2 is 2.25 bits per heavy atom. The number of amides is 2. The molecule has 0 bridgehead atoms. The maximum atomic E-state index is 12.1. The molecule has 5 nitrogen and oxygen atoms in total. The summed E-state index contributed by atoms with van der Waals surface area (Å²) in [5.74, 6) is -0.0618. The number of carbonyl (C=O) groups is 2. The number of thiophene rings is 1. The normalized spacial score (nSPS) is 14.0. The lowest BCUT2D eigenvalue weighted by molar-refractivity contribution is -0.137. The van der Waals surface area contributed by atoms with Crippen LogP contribution in [-0.4, -0.2) is 53.5 Å². The second-order valence-corrected chi connectivity index (χ2v) is 5.97. The lowest BCUT2D eigenvalue weighted by atomic mass is 10.1. The maximum Gasteiger partial charge on any atom is 0.223 e. The van der Waals surface area contributed by atoms with E-state index in [1.165, 1.54) is 15.3 Å². The van der Waals surface area contributed by atoms with Gasteiger partial charge in [-0.25, -0.2) is 0 Å². The van der Waals surface area contributed by atoms with Gasteiger partial charge in [0.05, 0.1) is 6.61 Å². The number of fused-ring (bicyclic) bond motifs is 1. The van der Waals surface area contributed by atoms with Crippen LogP contribution in [0.5, 0.6) is 0 Å². The third-order valence-electron chi connectivity index (χ3n) is 3.57. The molecule has 0 atom stereocenters. The minimum atomic E-state index is -0.0966. The zero-order valence-electron chi connectivity index (χ0n) is 11.7. The van der Waals surface area contributed by atoms with Crippen molar-refractivity contribution in [1.82, 2.24) is 9.80 Å². The first-order chi connectivity index (χ1) is 9.61. The number of rotatable bonds is 5. The van der Waals surface area contributed by atoms with Crippen molar-refractivity contribution in [2.75, 3.05) is 26.7 Å². The first kappa shape index (κ1) is 15.0. The Bertz CT molecular complexity index is 487. The Hall–Kier alpha value is -1.40. The molecule has 0 aliphatic carbocycles. The molecule has 0 unspecified atom stereocenters. The summed E-state index contributed by atoms with van der Waals surface area (Å²) in [4.78, 5) is 28.5. The van der Waals surface area contributed by atoms with Crippen molar-refractivity contribution in [3.63, 3.8) is 0 Å². The molecule has 110 valence electrons. The first-order valence-electron chi connectivity index (χ1n) is 6.79. The quantitative estimate of drug-likeness (QED) is 0.877. The van der Waals surface area contributed by atoms with Crippen LogP contribution in [0.15, 0.2) is 11.4 Å². The van der Waals surface area contributed by atoms with Gasteiger partial charge in [-0.05, 0) is 23.4 Å². The van der Waals surface area contributed by atoms with Gasteiger partial charge in [-0.2, -0.15) is 0 Å². The van der Waals surface area contributed by atoms with Crippen molar-refractivity contribution in [3.8, 4) is 0 Å². The van der Waals surface area contributed by atoms with Gasteiger partial charge >= 0.3 is 0 Å². The van der Waals surface area contributed by atoms with Crippen LogP contribution >= 0.6 is 11.3 Å². The smallest absolute Gasteiger partial charge is 0.223 e. The molecule has 1 N–H and O–H groups in total. The molecule has 0 saturated carbocycles. The average molecular weight is 296 g/mol. The van der Waals surface area contributed by atoms with Crippen LogP contribution in [0.2, 0.25) is 0 Å². The van der Waals surface area contributed by atoms with Crippen molar-refractivity contribution >= 4 is 23.2 Å². The van der Waals surface area contributed by atoms with Gasteiger partial charge in [0, 0.05) is 44.4 Å². The number of aliphatic hydroxyl groups is 1. The predicted octanol–water partition coefficient (Wildman–Crippen LogP) is 0.864. The number of carbonyl (C=O) groups excluding carboxylic acids is 2. The summed E-state index contributed by atoms with van der Waals surface area (Å²) in [6.07, 6.45) is 1.37. The van der Waals surface area contributed by atoms with Gasteiger partial charge in [0.15, 0.2) is 0 Å². The number of hydrogen-bond acceptors (Lipinski definition) is 4. The molecule has 20 heavy (non-hydrogen) atoms. The molecule has 2 rings (SSSR count). The molecule has 2 heterocycles. The molecular weight excluding hydrogens is 276 g/mol. The van der Waals surface area contributed by atoms with E-state index in [-0.39, 0.29) is 31.3 Å². The van der Waals surface area contributed by atoms with E-state index in [4.69, 9.17) is 5.11 Å². The molecule has 6 heteroatoms. The molecule has 1 aliphatic heterocycles. The summed E-state index contributed by atoms with van der Waals surface area (Å²) in [7, 11) is 1.64. The summed E-state index contributed by atoms with van der Waals surface area (Å²) >= 11 is 1.74. The highest BCUT2D eigenvalue weighted by atomic mass is 32.1. The van der Waals surface area contributed by atoms with Crippen molar-refractivity contribution in [2.24, 2.45) is 0 Å². The van der Waals surface area contributed by atoms with E-state index in [0.717, 1.165) is 13.0 Å². The standard InChI is InChI=1S/C14H20N2O3S/c1-15(7-8-17)13(18)2-3-14(19)16-6-4-12-11(10-16)5-9-20-12/h5,9,17H,2-4,6-8,10H2,1H3. The van der Waals surface area contributed by atoms with Crippen LogP contribution in [0, 0.1) is 0 Å².